The fraction of sp³-hybridized carbons (Fsp3) is 0.538. The number of hydrogen-bond donors (Lipinski definition) is 2. The number of aromatic amines is 1. The van der Waals surface area contributed by atoms with Gasteiger partial charge in [0, 0.05) is 17.5 Å². The molecular formula is C26H37N3O5S. The highest BCUT2D eigenvalue weighted by molar-refractivity contribution is 7.17. The lowest BCUT2D eigenvalue weighted by molar-refractivity contribution is -0.0103. The Balaban J connectivity index is 1.85. The van der Waals surface area contributed by atoms with E-state index < -0.39 is 6.10 Å². The molecule has 8 nitrogen and oxygen atoms in total. The molecule has 0 saturated heterocycles. The number of methoxy groups -OCH3 is 2. The number of ether oxygens (including phenoxy) is 3. The number of thiophene rings is 1. The smallest absolute Gasteiger partial charge is 0.260 e. The maximum Gasteiger partial charge on any atom is 0.260 e. The summed E-state index contributed by atoms with van der Waals surface area (Å²) >= 11 is 1.44. The molecule has 0 amide bonds. The van der Waals surface area contributed by atoms with Crippen molar-refractivity contribution in [1.29, 1.82) is 0 Å². The Morgan fingerprint density at radius 2 is 1.89 bits per heavy atom. The number of fused-ring (bicyclic) bond motifs is 1. The fourth-order valence-electron chi connectivity index (χ4n) is 3.83. The third-order valence-corrected chi connectivity index (χ3v) is 6.55. The number of H-pyrrole nitrogens is 1. The van der Waals surface area contributed by atoms with E-state index in [9.17, 15) is 9.90 Å². The Morgan fingerprint density at radius 1 is 1.14 bits per heavy atom. The molecule has 3 aromatic rings. The van der Waals surface area contributed by atoms with Gasteiger partial charge in [0.25, 0.3) is 5.56 Å². The number of nitrogens with zero attached hydrogens (tertiary/aromatic N) is 2. The van der Waals surface area contributed by atoms with Gasteiger partial charge in [-0.3, -0.25) is 9.69 Å². The van der Waals surface area contributed by atoms with Crippen molar-refractivity contribution in [3.63, 3.8) is 0 Å². The summed E-state index contributed by atoms with van der Waals surface area (Å²) in [6, 6.07) is 5.60. The third kappa shape index (κ3) is 7.27. The van der Waals surface area contributed by atoms with E-state index in [0.717, 1.165) is 24.1 Å². The number of benzene rings is 1. The van der Waals surface area contributed by atoms with Crippen LogP contribution < -0.4 is 15.0 Å². The monoisotopic (exact) mass is 503 g/mol. The predicted molar refractivity (Wildman–Crippen MR) is 141 cm³/mol. The van der Waals surface area contributed by atoms with E-state index in [0.29, 0.717) is 46.5 Å². The molecule has 0 aliphatic carbocycles. The van der Waals surface area contributed by atoms with Crippen LogP contribution in [0.25, 0.3) is 21.3 Å². The molecule has 9 heteroatoms. The Kier molecular flexibility index (Phi) is 9.68. The first-order valence-corrected chi connectivity index (χ1v) is 12.8. The first kappa shape index (κ1) is 27.1. The van der Waals surface area contributed by atoms with Crippen LogP contribution in [0.1, 0.15) is 39.9 Å². The van der Waals surface area contributed by atoms with Crippen molar-refractivity contribution in [2.75, 3.05) is 33.9 Å². The molecule has 0 aliphatic heterocycles. The Hall–Kier alpha value is -2.46. The first-order chi connectivity index (χ1) is 16.7. The molecule has 2 aromatic heterocycles. The van der Waals surface area contributed by atoms with Crippen molar-refractivity contribution >= 4 is 21.6 Å². The molecule has 2 N–H and O–H groups in total. The van der Waals surface area contributed by atoms with E-state index in [1.165, 1.54) is 11.3 Å². The average molecular weight is 504 g/mol. The number of aliphatic hydroxyl groups excluding tert-OH is 1. The Bertz CT molecular complexity index is 1160. The number of hydrogen-bond acceptors (Lipinski definition) is 8. The third-order valence-electron chi connectivity index (χ3n) is 5.67. The first-order valence-electron chi connectivity index (χ1n) is 12.0. The van der Waals surface area contributed by atoms with Gasteiger partial charge < -0.3 is 24.3 Å². The number of aliphatic hydroxyl groups is 1. The summed E-state index contributed by atoms with van der Waals surface area (Å²) in [5.74, 6) is 2.35. The van der Waals surface area contributed by atoms with Gasteiger partial charge in [-0.1, -0.05) is 19.9 Å². The summed E-state index contributed by atoms with van der Waals surface area (Å²) in [6.45, 7) is 10.2. The minimum absolute atomic E-state index is 0.0629. The molecular weight excluding hydrogens is 466 g/mol. The summed E-state index contributed by atoms with van der Waals surface area (Å²) in [6.07, 6.45) is 0.429. The van der Waals surface area contributed by atoms with E-state index >= 15 is 0 Å². The molecule has 0 aliphatic rings. The van der Waals surface area contributed by atoms with Crippen molar-refractivity contribution in [2.45, 2.75) is 52.9 Å². The van der Waals surface area contributed by atoms with Crippen molar-refractivity contribution < 1.29 is 19.3 Å². The van der Waals surface area contributed by atoms with Crippen molar-refractivity contribution in [1.82, 2.24) is 14.9 Å². The van der Waals surface area contributed by atoms with Gasteiger partial charge in [-0.25, -0.2) is 4.98 Å². The van der Waals surface area contributed by atoms with Gasteiger partial charge in [-0.15, -0.1) is 11.3 Å². The number of nitrogens with one attached hydrogen (secondary N) is 1. The van der Waals surface area contributed by atoms with Crippen molar-refractivity contribution in [3.8, 4) is 22.6 Å². The lowest BCUT2D eigenvalue weighted by Gasteiger charge is -2.25. The zero-order valence-electron chi connectivity index (χ0n) is 21.5. The lowest BCUT2D eigenvalue weighted by Crippen LogP contribution is -2.37. The zero-order chi connectivity index (χ0) is 25.5. The van der Waals surface area contributed by atoms with Crippen molar-refractivity contribution in [2.24, 2.45) is 5.92 Å². The molecule has 1 aromatic carbocycles. The molecule has 0 saturated carbocycles. The van der Waals surface area contributed by atoms with Crippen LogP contribution in [-0.2, 0) is 11.3 Å². The van der Waals surface area contributed by atoms with E-state index in [-0.39, 0.29) is 18.3 Å². The maximum absolute atomic E-state index is 13.1. The van der Waals surface area contributed by atoms with Gasteiger partial charge in [0.2, 0.25) is 0 Å². The molecule has 2 heterocycles. The van der Waals surface area contributed by atoms with Gasteiger partial charge in [-0.05, 0) is 50.4 Å². The topological polar surface area (TPSA) is 96.9 Å². The van der Waals surface area contributed by atoms with Crippen LogP contribution in [0.3, 0.4) is 0 Å². The SMILES string of the molecule is COc1ccc(-c2csc3nc(CN(CCC(C)C)C[C@@H](O)COC(C)C)[nH]c(=O)c23)cc1OC. The lowest BCUT2D eigenvalue weighted by atomic mass is 10.1. The van der Waals surface area contributed by atoms with Gasteiger partial charge in [0.1, 0.15) is 10.7 Å². The van der Waals surface area contributed by atoms with Crippen LogP contribution in [0.15, 0.2) is 28.4 Å². The normalized spacial score (nSPS) is 12.7. The maximum atomic E-state index is 13.1. The van der Waals surface area contributed by atoms with Crippen LogP contribution in [0.5, 0.6) is 11.5 Å². The second-order valence-electron chi connectivity index (χ2n) is 9.37. The predicted octanol–water partition coefficient (Wildman–Crippen LogP) is 4.30. The summed E-state index contributed by atoms with van der Waals surface area (Å²) in [5, 5.41) is 13.0. The van der Waals surface area contributed by atoms with Crippen molar-refractivity contribution in [3.05, 3.63) is 39.8 Å². The van der Waals surface area contributed by atoms with Crippen LogP contribution >= 0.6 is 11.3 Å². The highest BCUT2D eigenvalue weighted by Gasteiger charge is 2.18. The molecule has 0 unspecified atom stereocenters. The Morgan fingerprint density at radius 3 is 2.54 bits per heavy atom. The minimum Gasteiger partial charge on any atom is -0.493 e. The summed E-state index contributed by atoms with van der Waals surface area (Å²) < 4.78 is 16.3. The van der Waals surface area contributed by atoms with Gasteiger partial charge in [0.15, 0.2) is 11.5 Å². The highest BCUT2D eigenvalue weighted by Crippen LogP contribution is 2.36. The molecule has 0 fully saturated rings. The molecule has 0 spiro atoms. The Labute approximate surface area is 210 Å². The van der Waals surface area contributed by atoms with Gasteiger partial charge in [-0.2, -0.15) is 0 Å². The van der Waals surface area contributed by atoms with Gasteiger partial charge >= 0.3 is 0 Å². The molecule has 0 bridgehead atoms. The summed E-state index contributed by atoms with van der Waals surface area (Å²) in [4.78, 5) is 23.7. The number of rotatable bonds is 13. The second-order valence-corrected chi connectivity index (χ2v) is 10.2. The van der Waals surface area contributed by atoms with E-state index in [2.05, 4.69) is 23.7 Å². The fourth-order valence-corrected chi connectivity index (χ4v) is 4.79. The second kappa shape index (κ2) is 12.5. The van der Waals surface area contributed by atoms with E-state index in [1.54, 1.807) is 14.2 Å². The van der Waals surface area contributed by atoms with Crippen LogP contribution in [0, 0.1) is 5.92 Å². The zero-order valence-corrected chi connectivity index (χ0v) is 22.3. The highest BCUT2D eigenvalue weighted by atomic mass is 32.1. The molecule has 0 radical (unpaired) electrons. The number of aromatic nitrogens is 2. The summed E-state index contributed by atoms with van der Waals surface area (Å²) in [5.41, 5.74) is 1.49. The average Bonchev–Trinajstić information content (AvgIpc) is 3.25. The standard InChI is InChI=1S/C26H37N3O5S/c1-16(2)9-10-29(12-19(30)14-34-17(3)4)13-23-27-25(31)24-20(15-35-26(24)28-23)18-7-8-21(32-5)22(11-18)33-6/h7-8,11,15-17,19,30H,9-10,12-14H2,1-6H3,(H,27,28,31)/t19-/m1/s1. The quantitative estimate of drug-likeness (QED) is 0.359. The molecule has 35 heavy (non-hydrogen) atoms. The largest absolute Gasteiger partial charge is 0.493 e. The van der Waals surface area contributed by atoms with Gasteiger partial charge in [0.05, 0.1) is 45.0 Å². The molecule has 192 valence electrons. The molecule has 3 rings (SSSR count). The van der Waals surface area contributed by atoms with Crippen LogP contribution in [-0.4, -0.2) is 66.1 Å². The van der Waals surface area contributed by atoms with E-state index in [1.807, 2.05) is 37.4 Å². The molecule has 1 atom stereocenters. The summed E-state index contributed by atoms with van der Waals surface area (Å²) in [7, 11) is 3.18. The van der Waals surface area contributed by atoms with Crippen LogP contribution in [0.4, 0.5) is 0 Å². The van der Waals surface area contributed by atoms with Crippen LogP contribution in [0.2, 0.25) is 0 Å². The van der Waals surface area contributed by atoms with E-state index in [4.69, 9.17) is 19.2 Å². The minimum atomic E-state index is -0.613.